The van der Waals surface area contributed by atoms with Crippen molar-refractivity contribution >= 4 is 18.2 Å². The van der Waals surface area contributed by atoms with Crippen molar-refractivity contribution in [1.82, 2.24) is 0 Å². The van der Waals surface area contributed by atoms with Crippen LogP contribution in [0.1, 0.15) is 19.4 Å². The van der Waals surface area contributed by atoms with Gasteiger partial charge in [0.1, 0.15) is 5.78 Å². The van der Waals surface area contributed by atoms with E-state index in [0.717, 1.165) is 10.3 Å². The second kappa shape index (κ2) is 4.73. The summed E-state index contributed by atoms with van der Waals surface area (Å²) in [6.07, 6.45) is 0.334. The summed E-state index contributed by atoms with van der Waals surface area (Å²) < 4.78 is 0.795. The molecule has 0 bridgehead atoms. The molecule has 0 radical (unpaired) electrons. The molecule has 3 heteroatoms. The van der Waals surface area contributed by atoms with Crippen molar-refractivity contribution in [1.29, 1.82) is 0 Å². The van der Waals surface area contributed by atoms with Crippen LogP contribution in [-0.4, -0.2) is 22.4 Å². The number of ketones is 1. The van der Waals surface area contributed by atoms with Gasteiger partial charge in [-0.2, -0.15) is 0 Å². The molecule has 0 saturated heterocycles. The van der Waals surface area contributed by atoms with Crippen molar-refractivity contribution in [2.75, 3.05) is 0 Å². The molecule has 0 amide bonds. The minimum atomic E-state index is 0.00927. The molecule has 3 nitrogen and oxygen atoms in total. The Bertz CT molecular complexity index is 383. The SMILES string of the molecule is C=[N+](O)c1ccccc1CC(=O)C(C)C. The molecule has 0 atom stereocenters. The maximum absolute atomic E-state index is 11.6. The van der Waals surface area contributed by atoms with Crippen molar-refractivity contribution in [3.05, 3.63) is 29.8 Å². The van der Waals surface area contributed by atoms with Crippen molar-refractivity contribution in [2.45, 2.75) is 20.3 Å². The highest BCUT2D eigenvalue weighted by Crippen LogP contribution is 2.18. The minimum absolute atomic E-state index is 0.00927. The van der Waals surface area contributed by atoms with Gasteiger partial charge in [-0.25, -0.2) is 0 Å². The molecule has 0 saturated carbocycles. The number of carbonyl (C=O) groups excluding carboxylic acids is 1. The van der Waals surface area contributed by atoms with E-state index in [0.29, 0.717) is 12.1 Å². The molecule has 0 aliphatic carbocycles. The molecule has 80 valence electrons. The molecule has 0 fully saturated rings. The van der Waals surface area contributed by atoms with E-state index < -0.39 is 0 Å². The molecule has 1 aromatic carbocycles. The summed E-state index contributed by atoms with van der Waals surface area (Å²) in [6.45, 7) is 7.13. The molecule has 1 N–H and O–H groups in total. The molecule has 0 heterocycles. The van der Waals surface area contributed by atoms with Crippen LogP contribution in [0.3, 0.4) is 0 Å². The maximum Gasteiger partial charge on any atom is 0.260 e. The second-order valence-electron chi connectivity index (χ2n) is 3.83. The van der Waals surface area contributed by atoms with Crippen LogP contribution in [0, 0.1) is 5.92 Å². The Balaban J connectivity index is 2.94. The number of para-hydroxylation sites is 1. The molecule has 15 heavy (non-hydrogen) atoms. The van der Waals surface area contributed by atoms with Gasteiger partial charge >= 0.3 is 0 Å². The smallest absolute Gasteiger partial charge is 0.260 e. The fourth-order valence-electron chi connectivity index (χ4n) is 1.30. The van der Waals surface area contributed by atoms with Crippen molar-refractivity contribution < 1.29 is 14.7 Å². The fraction of sp³-hybridized carbons (Fsp3) is 0.333. The average Bonchev–Trinajstić information content (AvgIpc) is 2.18. The first-order valence-corrected chi connectivity index (χ1v) is 4.92. The first-order chi connectivity index (χ1) is 7.02. The lowest BCUT2D eigenvalue weighted by molar-refractivity contribution is -0.706. The summed E-state index contributed by atoms with van der Waals surface area (Å²) in [5.74, 6) is 0.166. The highest BCUT2D eigenvalue weighted by Gasteiger charge is 2.16. The van der Waals surface area contributed by atoms with Crippen molar-refractivity contribution in [3.8, 4) is 0 Å². The highest BCUT2D eigenvalue weighted by molar-refractivity contribution is 5.83. The lowest BCUT2D eigenvalue weighted by Gasteiger charge is -2.04. The number of carbonyl (C=O) groups is 1. The fourth-order valence-corrected chi connectivity index (χ4v) is 1.30. The van der Waals surface area contributed by atoms with Crippen LogP contribution >= 0.6 is 0 Å². The third kappa shape index (κ3) is 2.91. The predicted octanol–water partition coefficient (Wildman–Crippen LogP) is 2.19. The molecule has 1 aromatic rings. The number of hydrogen-bond donors (Lipinski definition) is 1. The summed E-state index contributed by atoms with van der Waals surface area (Å²) in [6, 6.07) is 7.20. The quantitative estimate of drug-likeness (QED) is 0.355. The minimum Gasteiger partial charge on any atom is -0.299 e. The number of hydrogen-bond acceptors (Lipinski definition) is 2. The third-order valence-electron chi connectivity index (χ3n) is 2.28. The summed E-state index contributed by atoms with van der Waals surface area (Å²) >= 11 is 0. The lowest BCUT2D eigenvalue weighted by atomic mass is 10.00. The molecule has 0 aromatic heterocycles. The van der Waals surface area contributed by atoms with Gasteiger partial charge in [0.2, 0.25) is 0 Å². The van der Waals surface area contributed by atoms with Crippen LogP contribution in [0.25, 0.3) is 0 Å². The average molecular weight is 206 g/mol. The van der Waals surface area contributed by atoms with Gasteiger partial charge in [0, 0.05) is 28.7 Å². The van der Waals surface area contributed by atoms with Crippen molar-refractivity contribution in [2.24, 2.45) is 5.92 Å². The maximum atomic E-state index is 11.6. The van der Waals surface area contributed by atoms with E-state index in [1.54, 1.807) is 12.1 Å². The first-order valence-electron chi connectivity index (χ1n) is 4.92. The monoisotopic (exact) mass is 206 g/mol. The number of benzene rings is 1. The number of rotatable bonds is 4. The van der Waals surface area contributed by atoms with Gasteiger partial charge in [-0.15, -0.1) is 0 Å². The van der Waals surface area contributed by atoms with Crippen LogP contribution in [0.15, 0.2) is 24.3 Å². The molecular formula is C12H16NO2+. The molecule has 0 aliphatic rings. The highest BCUT2D eigenvalue weighted by atomic mass is 16.5. The standard InChI is InChI=1S/C12H16NO2/c1-9(2)12(14)8-10-6-4-5-7-11(10)13(3)15/h4-7,9,15H,3,8H2,1-2H3/q+1. The number of Topliss-reactive ketones (excluding diaryl/α,β-unsaturated/α-hetero) is 1. The van der Waals surface area contributed by atoms with E-state index in [4.69, 9.17) is 0 Å². The van der Waals surface area contributed by atoms with Gasteiger partial charge in [-0.05, 0) is 0 Å². The summed E-state index contributed by atoms with van der Waals surface area (Å²) in [4.78, 5) is 11.6. The Kier molecular flexibility index (Phi) is 3.61. The van der Waals surface area contributed by atoms with Crippen LogP contribution in [0.5, 0.6) is 0 Å². The third-order valence-corrected chi connectivity index (χ3v) is 2.28. The zero-order chi connectivity index (χ0) is 11.4. The number of nitrogens with zero attached hydrogens (tertiary/aromatic N) is 1. The molecular weight excluding hydrogens is 190 g/mol. The Morgan fingerprint density at radius 2 is 2.07 bits per heavy atom. The van der Waals surface area contributed by atoms with E-state index in [1.165, 1.54) is 0 Å². The van der Waals surface area contributed by atoms with Crippen LogP contribution in [-0.2, 0) is 11.2 Å². The second-order valence-corrected chi connectivity index (χ2v) is 3.83. The van der Waals surface area contributed by atoms with Gasteiger partial charge in [-0.3, -0.25) is 10.0 Å². The van der Waals surface area contributed by atoms with Gasteiger partial charge in [0.25, 0.3) is 5.69 Å². The lowest BCUT2D eigenvalue weighted by Crippen LogP contribution is -2.11. The van der Waals surface area contributed by atoms with E-state index >= 15 is 0 Å². The van der Waals surface area contributed by atoms with Gasteiger partial charge < -0.3 is 0 Å². The summed E-state index contributed by atoms with van der Waals surface area (Å²) in [5.41, 5.74) is 1.38. The molecule has 0 aliphatic heterocycles. The van der Waals surface area contributed by atoms with E-state index in [-0.39, 0.29) is 11.7 Å². The molecule has 1 rings (SSSR count). The Morgan fingerprint density at radius 3 is 2.60 bits per heavy atom. The summed E-state index contributed by atoms with van der Waals surface area (Å²) in [5, 5.41) is 9.27. The van der Waals surface area contributed by atoms with Crippen LogP contribution in [0.2, 0.25) is 0 Å². The van der Waals surface area contributed by atoms with Gasteiger partial charge in [0.05, 0.1) is 0 Å². The largest absolute Gasteiger partial charge is 0.299 e. The normalized spacial score (nSPS) is 10.3. The van der Waals surface area contributed by atoms with E-state index in [9.17, 15) is 10.0 Å². The Morgan fingerprint density at radius 1 is 1.47 bits per heavy atom. The Labute approximate surface area is 89.6 Å². The molecule has 0 spiro atoms. The topological polar surface area (TPSA) is 40.3 Å². The van der Waals surface area contributed by atoms with Gasteiger partial charge in [0.15, 0.2) is 6.72 Å². The predicted molar refractivity (Wildman–Crippen MR) is 58.8 cm³/mol. The summed E-state index contributed by atoms with van der Waals surface area (Å²) in [7, 11) is 0. The van der Waals surface area contributed by atoms with Crippen LogP contribution < -0.4 is 0 Å². The van der Waals surface area contributed by atoms with Crippen molar-refractivity contribution in [3.63, 3.8) is 0 Å². The van der Waals surface area contributed by atoms with E-state index in [2.05, 4.69) is 6.72 Å². The zero-order valence-electron chi connectivity index (χ0n) is 9.10. The zero-order valence-corrected chi connectivity index (χ0v) is 9.10. The van der Waals surface area contributed by atoms with Crippen LogP contribution in [0.4, 0.5) is 5.69 Å². The van der Waals surface area contributed by atoms with E-state index in [1.807, 2.05) is 26.0 Å². The Hall–Kier alpha value is -1.64. The first kappa shape index (κ1) is 11.4. The molecule has 0 unspecified atom stereocenters. The van der Waals surface area contributed by atoms with Gasteiger partial charge in [-0.1, -0.05) is 32.0 Å².